The molecule has 176 valence electrons. The lowest BCUT2D eigenvalue weighted by molar-refractivity contribution is -0.532. The molecule has 5 aromatic rings. The summed E-state index contributed by atoms with van der Waals surface area (Å²) >= 11 is 7.22. The first-order valence-electron chi connectivity index (χ1n) is 10.2. The van der Waals surface area contributed by atoms with E-state index in [-0.39, 0.29) is 18.0 Å². The lowest BCUT2D eigenvalue weighted by Crippen LogP contribution is -2.43. The molecule has 0 radical (unpaired) electrons. The van der Waals surface area contributed by atoms with Crippen molar-refractivity contribution in [2.75, 3.05) is 0 Å². The van der Waals surface area contributed by atoms with Crippen molar-refractivity contribution in [1.29, 1.82) is 0 Å². The summed E-state index contributed by atoms with van der Waals surface area (Å²) in [7, 11) is 0. The maximum absolute atomic E-state index is 13.4. The van der Waals surface area contributed by atoms with Gasteiger partial charge in [0.2, 0.25) is 0 Å². The van der Waals surface area contributed by atoms with Crippen molar-refractivity contribution in [2.24, 2.45) is 0 Å². The Balaban J connectivity index is 1.65. The summed E-state index contributed by atoms with van der Waals surface area (Å²) in [5, 5.41) is 11.2. The summed E-state index contributed by atoms with van der Waals surface area (Å²) in [4.78, 5) is 21.7. The van der Waals surface area contributed by atoms with Crippen LogP contribution >= 0.6 is 22.9 Å². The number of thiazole rings is 1. The number of rotatable bonds is 4. The van der Waals surface area contributed by atoms with Crippen molar-refractivity contribution in [2.45, 2.75) is 12.7 Å². The summed E-state index contributed by atoms with van der Waals surface area (Å²) in [5.41, 5.74) is 0.455. The summed E-state index contributed by atoms with van der Waals surface area (Å²) < 4.78 is 42.0. The summed E-state index contributed by atoms with van der Waals surface area (Å²) in [6.07, 6.45) is -0.215. The highest BCUT2D eigenvalue weighted by Gasteiger charge is 2.32. The van der Waals surface area contributed by atoms with Gasteiger partial charge in [-0.15, -0.1) is 11.3 Å². The second-order valence-electron chi connectivity index (χ2n) is 7.61. The smallest absolute Gasteiger partial charge is 0.433 e. The molecule has 0 saturated carbocycles. The molecule has 0 amide bonds. The Morgan fingerprint density at radius 3 is 2.49 bits per heavy atom. The van der Waals surface area contributed by atoms with Gasteiger partial charge in [-0.25, -0.2) is 9.78 Å². The molecule has 0 atom stereocenters. The fourth-order valence-electron chi connectivity index (χ4n) is 3.79. The predicted octanol–water partition coefficient (Wildman–Crippen LogP) is 5.20. The van der Waals surface area contributed by atoms with E-state index in [4.69, 9.17) is 11.6 Å². The van der Waals surface area contributed by atoms with Crippen LogP contribution in [0.2, 0.25) is 4.47 Å². The maximum atomic E-state index is 13.4. The molecule has 0 bridgehead atoms. The largest absolute Gasteiger partial charge is 0.477 e. The summed E-state index contributed by atoms with van der Waals surface area (Å²) in [6.45, 7) is 0.222. The minimum absolute atomic E-state index is 0.0473. The summed E-state index contributed by atoms with van der Waals surface area (Å²) in [6, 6.07) is 14.0. The van der Waals surface area contributed by atoms with Crippen LogP contribution in [0.5, 0.6) is 5.88 Å². The zero-order valence-electron chi connectivity index (χ0n) is 17.7. The molecule has 0 saturated heterocycles. The van der Waals surface area contributed by atoms with Crippen molar-refractivity contribution < 1.29 is 22.7 Å². The van der Waals surface area contributed by atoms with Crippen LogP contribution in [0.15, 0.2) is 78.0 Å². The normalized spacial score (nSPS) is 11.8. The molecule has 0 unspecified atom stereocenters. The van der Waals surface area contributed by atoms with Crippen LogP contribution in [-0.4, -0.2) is 19.6 Å². The van der Waals surface area contributed by atoms with Crippen LogP contribution < -0.4 is 9.96 Å². The quantitative estimate of drug-likeness (QED) is 0.334. The number of hydrogen-bond donors (Lipinski definition) is 1. The van der Waals surface area contributed by atoms with Gasteiger partial charge < -0.3 is 5.11 Å². The van der Waals surface area contributed by atoms with E-state index in [2.05, 4.69) is 9.97 Å². The standard InChI is InChI=1S/C24H14ClF3N4O2S/c25-23-30-12-17(35-23)13-32-19-6-1-2-9-31(19)21(33)20(22(32)34)15-5-3-4-14(10-15)16-7-8-18(29-11-16)24(26,27)28/h1-12H,13H2/p+1. The first-order valence-corrected chi connectivity index (χ1v) is 11.4. The molecule has 1 aromatic carbocycles. The van der Waals surface area contributed by atoms with Crippen LogP contribution in [0.1, 0.15) is 10.6 Å². The third kappa shape index (κ3) is 4.38. The Hall–Kier alpha value is -3.76. The average Bonchev–Trinajstić information content (AvgIpc) is 3.26. The molecule has 11 heteroatoms. The average molecular weight is 516 g/mol. The number of aromatic nitrogens is 4. The molecule has 5 rings (SSSR count). The van der Waals surface area contributed by atoms with Gasteiger partial charge in [-0.2, -0.15) is 22.1 Å². The van der Waals surface area contributed by atoms with Gasteiger partial charge in [0, 0.05) is 24.0 Å². The molecule has 1 N–H and O–H groups in total. The molecule has 0 aliphatic carbocycles. The van der Waals surface area contributed by atoms with E-state index in [1.165, 1.54) is 21.8 Å². The van der Waals surface area contributed by atoms with E-state index in [0.29, 0.717) is 26.8 Å². The second-order valence-corrected chi connectivity index (χ2v) is 9.31. The number of nitrogens with zero attached hydrogens (tertiary/aromatic N) is 4. The summed E-state index contributed by atoms with van der Waals surface area (Å²) in [5.74, 6) is -0.256. The van der Waals surface area contributed by atoms with Gasteiger partial charge in [0.25, 0.3) is 11.5 Å². The number of halogens is 4. The van der Waals surface area contributed by atoms with Gasteiger partial charge in [-0.3, -0.25) is 4.98 Å². The number of pyridine rings is 2. The first kappa shape index (κ1) is 23.0. The lowest BCUT2D eigenvalue weighted by Gasteiger charge is -2.11. The monoisotopic (exact) mass is 515 g/mol. The van der Waals surface area contributed by atoms with Gasteiger partial charge in [-0.1, -0.05) is 41.9 Å². The Morgan fingerprint density at radius 1 is 1.00 bits per heavy atom. The molecule has 0 aliphatic heterocycles. The molecular weight excluding hydrogens is 501 g/mol. The molecule has 0 fully saturated rings. The van der Waals surface area contributed by atoms with Gasteiger partial charge in [-0.05, 0) is 29.3 Å². The lowest BCUT2D eigenvalue weighted by atomic mass is 10.0. The van der Waals surface area contributed by atoms with E-state index in [1.54, 1.807) is 59.4 Å². The third-order valence-electron chi connectivity index (χ3n) is 5.40. The minimum atomic E-state index is -4.54. The minimum Gasteiger partial charge on any atom is -0.477 e. The van der Waals surface area contributed by atoms with Gasteiger partial charge >= 0.3 is 11.7 Å². The molecule has 35 heavy (non-hydrogen) atoms. The van der Waals surface area contributed by atoms with Gasteiger partial charge in [0.05, 0.1) is 11.1 Å². The Labute approximate surface area is 205 Å². The van der Waals surface area contributed by atoms with Crippen molar-refractivity contribution in [1.82, 2.24) is 14.5 Å². The number of aromatic hydroxyl groups is 1. The number of alkyl halides is 3. The highest BCUT2D eigenvalue weighted by atomic mass is 35.5. The number of hydrogen-bond acceptors (Lipinski definition) is 5. The van der Waals surface area contributed by atoms with Gasteiger partial charge in [0.1, 0.15) is 12.2 Å². The van der Waals surface area contributed by atoms with Crippen LogP contribution in [0.25, 0.3) is 27.9 Å². The Bertz CT molecular complexity index is 1610. The fraction of sp³-hybridized carbons (Fsp3) is 0.0833. The molecule has 4 aromatic heterocycles. The molecule has 0 aliphatic rings. The van der Waals surface area contributed by atoms with E-state index in [0.717, 1.165) is 17.1 Å². The van der Waals surface area contributed by atoms with Crippen molar-refractivity contribution in [3.63, 3.8) is 0 Å². The van der Waals surface area contributed by atoms with Crippen LogP contribution in [0, 0.1) is 0 Å². The van der Waals surface area contributed by atoms with Crippen molar-refractivity contribution in [3.8, 4) is 28.1 Å². The second kappa shape index (κ2) is 8.79. The highest BCUT2D eigenvalue weighted by molar-refractivity contribution is 7.15. The van der Waals surface area contributed by atoms with E-state index in [1.807, 2.05) is 0 Å². The van der Waals surface area contributed by atoms with Crippen molar-refractivity contribution >= 4 is 28.6 Å². The SMILES string of the molecule is O=c1c(-c2cccc(-c3ccc(C(F)(F)F)nc3)c2)c(O)n(Cc2cnc(Cl)s2)c2cccc[n+]12. The highest BCUT2D eigenvalue weighted by Crippen LogP contribution is 2.32. The number of benzene rings is 1. The number of fused-ring (bicyclic) bond motifs is 1. The molecular formula is C24H15ClF3N4O2S+. The first-order chi connectivity index (χ1) is 16.7. The molecule has 6 nitrogen and oxygen atoms in total. The van der Waals surface area contributed by atoms with E-state index < -0.39 is 17.4 Å². The zero-order valence-corrected chi connectivity index (χ0v) is 19.3. The van der Waals surface area contributed by atoms with Crippen LogP contribution in [0.4, 0.5) is 13.2 Å². The topological polar surface area (TPSA) is 72.1 Å². The fourth-order valence-corrected chi connectivity index (χ4v) is 4.76. The van der Waals surface area contributed by atoms with E-state index >= 15 is 0 Å². The van der Waals surface area contributed by atoms with Crippen molar-refractivity contribution in [3.05, 3.63) is 98.6 Å². The predicted molar refractivity (Wildman–Crippen MR) is 125 cm³/mol. The Kier molecular flexibility index (Phi) is 5.78. The molecule has 4 heterocycles. The maximum Gasteiger partial charge on any atom is 0.433 e. The molecule has 0 spiro atoms. The van der Waals surface area contributed by atoms with Gasteiger partial charge in [0.15, 0.2) is 10.0 Å². The Morgan fingerprint density at radius 2 is 1.80 bits per heavy atom. The zero-order chi connectivity index (χ0) is 24.7. The van der Waals surface area contributed by atoms with Crippen LogP contribution in [-0.2, 0) is 12.7 Å². The van der Waals surface area contributed by atoms with Crippen LogP contribution in [0.3, 0.4) is 0 Å². The van der Waals surface area contributed by atoms with E-state index in [9.17, 15) is 23.1 Å². The third-order valence-corrected chi connectivity index (χ3v) is 6.50.